The fraction of sp³-hybridized carbons (Fsp3) is 0.222. The van der Waals surface area contributed by atoms with Gasteiger partial charge in [0.15, 0.2) is 0 Å². The molecule has 4 nitrogen and oxygen atoms in total. The Morgan fingerprint density at radius 2 is 1.71 bits per heavy atom. The summed E-state index contributed by atoms with van der Waals surface area (Å²) >= 11 is 5.13. The molecule has 0 N–H and O–H groups in total. The monoisotopic (exact) mass is 215 g/mol. The van der Waals surface area contributed by atoms with Crippen molar-refractivity contribution >= 4 is 22.5 Å². The van der Waals surface area contributed by atoms with Gasteiger partial charge in [0.25, 0.3) is 10.9 Å². The number of hydrogen-bond donors (Lipinski definition) is 0. The van der Waals surface area contributed by atoms with Crippen molar-refractivity contribution in [1.82, 2.24) is 0 Å². The summed E-state index contributed by atoms with van der Waals surface area (Å²) in [7, 11) is 0. The van der Waals surface area contributed by atoms with Gasteiger partial charge in [0, 0.05) is 17.7 Å². The molecule has 0 saturated heterocycles. The van der Waals surface area contributed by atoms with E-state index in [1.165, 1.54) is 24.3 Å². The van der Waals surface area contributed by atoms with Crippen LogP contribution < -0.4 is 0 Å². The largest absolute Gasteiger partial charge is 0.276 e. The van der Waals surface area contributed by atoms with Crippen LogP contribution in [-0.4, -0.2) is 10.2 Å². The number of rotatable bonds is 2. The van der Waals surface area contributed by atoms with Crippen LogP contribution in [0.15, 0.2) is 24.3 Å². The molecule has 0 aliphatic rings. The summed E-state index contributed by atoms with van der Waals surface area (Å²) < 4.78 is 0. The molecule has 1 rings (SSSR count). The molecular formula is C9H10ClNO3. The van der Waals surface area contributed by atoms with E-state index in [-0.39, 0.29) is 11.3 Å². The number of hydrogen-bond acceptors (Lipinski definition) is 3. The predicted octanol–water partition coefficient (Wildman–Crippen LogP) is 3.00. The highest BCUT2D eigenvalue weighted by Gasteiger charge is 2.06. The van der Waals surface area contributed by atoms with E-state index in [4.69, 9.17) is 11.6 Å². The second-order valence-corrected chi connectivity index (χ2v) is 2.42. The van der Waals surface area contributed by atoms with Crippen molar-refractivity contribution < 1.29 is 9.72 Å². The SMILES string of the molecule is CC.O=C(Cl)c1ccc([N+](=O)[O-])cc1. The van der Waals surface area contributed by atoms with Crippen LogP contribution in [0.4, 0.5) is 5.69 Å². The zero-order valence-corrected chi connectivity index (χ0v) is 8.62. The smallest absolute Gasteiger partial charge is 0.269 e. The highest BCUT2D eigenvalue weighted by atomic mass is 35.5. The molecule has 0 atom stereocenters. The van der Waals surface area contributed by atoms with Gasteiger partial charge in [0.05, 0.1) is 4.92 Å². The van der Waals surface area contributed by atoms with Crippen LogP contribution >= 0.6 is 11.6 Å². The van der Waals surface area contributed by atoms with Gasteiger partial charge in [-0.1, -0.05) is 13.8 Å². The Hall–Kier alpha value is -1.42. The predicted molar refractivity (Wildman–Crippen MR) is 54.6 cm³/mol. The van der Waals surface area contributed by atoms with Gasteiger partial charge in [-0.25, -0.2) is 0 Å². The van der Waals surface area contributed by atoms with Crippen LogP contribution in [0.25, 0.3) is 0 Å². The summed E-state index contributed by atoms with van der Waals surface area (Å²) in [5.41, 5.74) is 0.193. The maximum absolute atomic E-state index is 10.5. The molecule has 0 spiro atoms. The summed E-state index contributed by atoms with van der Waals surface area (Å²) in [6.07, 6.45) is 0. The first-order valence-corrected chi connectivity index (χ1v) is 4.43. The zero-order chi connectivity index (χ0) is 11.1. The van der Waals surface area contributed by atoms with Gasteiger partial charge < -0.3 is 0 Å². The summed E-state index contributed by atoms with van der Waals surface area (Å²) in [5, 5.41) is 9.55. The Labute approximate surface area is 86.6 Å². The van der Waals surface area contributed by atoms with Crippen molar-refractivity contribution in [2.45, 2.75) is 13.8 Å². The van der Waals surface area contributed by atoms with Gasteiger partial charge >= 0.3 is 0 Å². The molecule has 5 heteroatoms. The van der Waals surface area contributed by atoms with E-state index in [0.717, 1.165) is 0 Å². The van der Waals surface area contributed by atoms with Crippen LogP contribution in [0.2, 0.25) is 0 Å². The molecule has 0 saturated carbocycles. The van der Waals surface area contributed by atoms with E-state index >= 15 is 0 Å². The topological polar surface area (TPSA) is 60.2 Å². The number of halogens is 1. The van der Waals surface area contributed by atoms with Crippen molar-refractivity contribution in [3.8, 4) is 0 Å². The van der Waals surface area contributed by atoms with Crippen LogP contribution in [-0.2, 0) is 0 Å². The number of non-ortho nitro benzene ring substituents is 1. The lowest BCUT2D eigenvalue weighted by Crippen LogP contribution is -1.90. The molecule has 0 aliphatic heterocycles. The van der Waals surface area contributed by atoms with Crippen molar-refractivity contribution in [3.05, 3.63) is 39.9 Å². The molecule has 0 aromatic heterocycles. The van der Waals surface area contributed by atoms with Gasteiger partial charge in [0.1, 0.15) is 0 Å². The average Bonchev–Trinajstić information content (AvgIpc) is 2.21. The lowest BCUT2D eigenvalue weighted by atomic mass is 10.2. The Morgan fingerprint density at radius 3 is 2.00 bits per heavy atom. The number of nitro benzene ring substituents is 1. The van der Waals surface area contributed by atoms with Gasteiger partial charge in [0.2, 0.25) is 0 Å². The summed E-state index contributed by atoms with van der Waals surface area (Å²) in [5.74, 6) is 0. The fourth-order valence-corrected chi connectivity index (χ4v) is 0.840. The van der Waals surface area contributed by atoms with Crippen LogP contribution in [0, 0.1) is 10.1 Å². The number of nitrogens with zero attached hydrogens (tertiary/aromatic N) is 1. The molecule has 1 aromatic carbocycles. The highest BCUT2D eigenvalue weighted by molar-refractivity contribution is 6.67. The normalized spacial score (nSPS) is 8.50. The zero-order valence-electron chi connectivity index (χ0n) is 7.86. The maximum Gasteiger partial charge on any atom is 0.269 e. The van der Waals surface area contributed by atoms with E-state index in [1.54, 1.807) is 0 Å². The minimum absolute atomic E-state index is 0.0586. The van der Waals surface area contributed by atoms with E-state index in [1.807, 2.05) is 13.8 Å². The summed E-state index contributed by atoms with van der Waals surface area (Å²) in [4.78, 5) is 20.2. The van der Waals surface area contributed by atoms with Crippen molar-refractivity contribution in [2.75, 3.05) is 0 Å². The summed E-state index contributed by atoms with van der Waals surface area (Å²) in [6.45, 7) is 4.00. The van der Waals surface area contributed by atoms with E-state index in [2.05, 4.69) is 0 Å². The second-order valence-electron chi connectivity index (χ2n) is 2.08. The van der Waals surface area contributed by atoms with Crippen molar-refractivity contribution in [3.63, 3.8) is 0 Å². The highest BCUT2D eigenvalue weighted by Crippen LogP contribution is 2.12. The number of carbonyl (C=O) groups excluding carboxylic acids is 1. The number of benzene rings is 1. The molecule has 0 unspecified atom stereocenters. The third kappa shape index (κ3) is 3.53. The van der Waals surface area contributed by atoms with Gasteiger partial charge in [-0.15, -0.1) is 0 Å². The van der Waals surface area contributed by atoms with Crippen molar-refractivity contribution in [1.29, 1.82) is 0 Å². The van der Waals surface area contributed by atoms with Crippen LogP contribution in [0.1, 0.15) is 24.2 Å². The molecule has 14 heavy (non-hydrogen) atoms. The molecule has 76 valence electrons. The first kappa shape index (κ1) is 12.6. The first-order chi connectivity index (χ1) is 6.61. The molecule has 0 fully saturated rings. The van der Waals surface area contributed by atoms with E-state index in [0.29, 0.717) is 0 Å². The molecule has 0 radical (unpaired) electrons. The Balaban J connectivity index is 0.000000791. The molecule has 1 aromatic rings. The molecule has 0 heterocycles. The Kier molecular flexibility index (Phi) is 5.48. The van der Waals surface area contributed by atoms with Crippen LogP contribution in [0.3, 0.4) is 0 Å². The molecule has 0 bridgehead atoms. The molecule has 0 aliphatic carbocycles. The molecular weight excluding hydrogens is 206 g/mol. The van der Waals surface area contributed by atoms with Crippen LogP contribution in [0.5, 0.6) is 0 Å². The number of nitro groups is 1. The van der Waals surface area contributed by atoms with Gasteiger partial charge in [-0.05, 0) is 23.7 Å². The van der Waals surface area contributed by atoms with Gasteiger partial charge in [-0.2, -0.15) is 0 Å². The maximum atomic E-state index is 10.5. The summed E-state index contributed by atoms with van der Waals surface area (Å²) in [6, 6.07) is 5.09. The third-order valence-corrected chi connectivity index (χ3v) is 1.52. The Morgan fingerprint density at radius 1 is 1.29 bits per heavy atom. The lowest BCUT2D eigenvalue weighted by molar-refractivity contribution is -0.384. The van der Waals surface area contributed by atoms with Crippen molar-refractivity contribution in [2.24, 2.45) is 0 Å². The first-order valence-electron chi connectivity index (χ1n) is 4.05. The van der Waals surface area contributed by atoms with E-state index < -0.39 is 10.2 Å². The number of carbonyl (C=O) groups is 1. The van der Waals surface area contributed by atoms with E-state index in [9.17, 15) is 14.9 Å². The fourth-order valence-electron chi connectivity index (χ4n) is 0.714. The Bertz CT molecular complexity index is 288. The standard InChI is InChI=1S/C7H4ClNO3.C2H6/c8-7(10)5-1-3-6(4-2-5)9(11)12;1-2/h1-4H;1-2H3. The minimum Gasteiger partial charge on any atom is -0.276 e. The average molecular weight is 216 g/mol. The third-order valence-electron chi connectivity index (χ3n) is 1.31. The minimum atomic E-state index is -0.620. The quantitative estimate of drug-likeness (QED) is 0.433. The molecule has 0 amide bonds. The lowest BCUT2D eigenvalue weighted by Gasteiger charge is -1.92. The second kappa shape index (κ2) is 6.10. The van der Waals surface area contributed by atoms with Gasteiger partial charge in [-0.3, -0.25) is 14.9 Å².